The molecule has 0 aromatic heterocycles. The predicted octanol–water partition coefficient (Wildman–Crippen LogP) is 3.65. The first-order chi connectivity index (χ1) is 10.3. The minimum absolute atomic E-state index is 0.193. The maximum Gasteiger partial charge on any atom is 0.199 e. The molecule has 0 saturated carbocycles. The molecule has 108 valence electrons. The average molecular weight is 282 g/mol. The molecule has 2 atom stereocenters. The molecule has 2 aromatic rings. The van der Waals surface area contributed by atoms with E-state index in [1.165, 1.54) is 0 Å². The summed E-state index contributed by atoms with van der Waals surface area (Å²) in [5, 5.41) is 10.6. The van der Waals surface area contributed by atoms with E-state index in [1.807, 2.05) is 42.5 Å². The standard InChI is InChI=1S/C18H18O3/c19-18-14-7-2-1-6-12(14)13-8-5-9-15(17(13)18)21-16-10-3-4-11-20-16/h1-2,5-9,16,18-19H,3-4,10-11H2. The van der Waals surface area contributed by atoms with Crippen LogP contribution >= 0.6 is 0 Å². The lowest BCUT2D eigenvalue weighted by Crippen LogP contribution is -2.25. The third-order valence-corrected chi connectivity index (χ3v) is 4.28. The Kier molecular flexibility index (Phi) is 3.17. The van der Waals surface area contributed by atoms with Crippen LogP contribution in [0.15, 0.2) is 42.5 Å². The second-order valence-corrected chi connectivity index (χ2v) is 5.62. The molecule has 2 unspecified atom stereocenters. The monoisotopic (exact) mass is 282 g/mol. The van der Waals surface area contributed by atoms with E-state index in [-0.39, 0.29) is 6.29 Å². The van der Waals surface area contributed by atoms with Gasteiger partial charge in [0, 0.05) is 12.0 Å². The highest BCUT2D eigenvalue weighted by molar-refractivity contribution is 5.80. The van der Waals surface area contributed by atoms with E-state index in [1.54, 1.807) is 0 Å². The average Bonchev–Trinajstić information content (AvgIpc) is 2.83. The fourth-order valence-electron chi connectivity index (χ4n) is 3.25. The molecule has 0 radical (unpaired) electrons. The van der Waals surface area contributed by atoms with Crippen molar-refractivity contribution in [3.8, 4) is 16.9 Å². The first-order valence-corrected chi connectivity index (χ1v) is 7.53. The highest BCUT2D eigenvalue weighted by Crippen LogP contribution is 2.47. The van der Waals surface area contributed by atoms with E-state index in [2.05, 4.69) is 0 Å². The minimum Gasteiger partial charge on any atom is -0.465 e. The summed E-state index contributed by atoms with van der Waals surface area (Å²) in [5.41, 5.74) is 3.97. The summed E-state index contributed by atoms with van der Waals surface area (Å²) in [7, 11) is 0. The number of ether oxygens (including phenoxy) is 2. The largest absolute Gasteiger partial charge is 0.465 e. The van der Waals surface area contributed by atoms with Gasteiger partial charge in [0.15, 0.2) is 6.29 Å². The molecule has 2 aromatic carbocycles. The van der Waals surface area contributed by atoms with Crippen LogP contribution in [-0.2, 0) is 4.74 Å². The van der Waals surface area contributed by atoms with Crippen LogP contribution in [-0.4, -0.2) is 18.0 Å². The number of hydrogen-bond acceptors (Lipinski definition) is 3. The topological polar surface area (TPSA) is 38.7 Å². The Morgan fingerprint density at radius 3 is 2.71 bits per heavy atom. The van der Waals surface area contributed by atoms with Gasteiger partial charge in [-0.3, -0.25) is 0 Å². The number of hydrogen-bond donors (Lipinski definition) is 1. The third-order valence-electron chi connectivity index (χ3n) is 4.28. The van der Waals surface area contributed by atoms with E-state index in [4.69, 9.17) is 9.47 Å². The molecule has 21 heavy (non-hydrogen) atoms. The molecule has 3 heteroatoms. The fourth-order valence-corrected chi connectivity index (χ4v) is 3.25. The maximum atomic E-state index is 10.6. The van der Waals surface area contributed by atoms with Gasteiger partial charge >= 0.3 is 0 Å². The van der Waals surface area contributed by atoms with Crippen molar-refractivity contribution in [2.24, 2.45) is 0 Å². The molecule has 4 rings (SSSR count). The van der Waals surface area contributed by atoms with Gasteiger partial charge in [0.25, 0.3) is 0 Å². The third kappa shape index (κ3) is 2.13. The molecule has 3 nitrogen and oxygen atoms in total. The van der Waals surface area contributed by atoms with Crippen LogP contribution in [0.4, 0.5) is 0 Å². The van der Waals surface area contributed by atoms with Crippen LogP contribution in [0.1, 0.15) is 36.5 Å². The molecule has 0 spiro atoms. The molecule has 1 N–H and O–H groups in total. The molecule has 1 saturated heterocycles. The summed E-state index contributed by atoms with van der Waals surface area (Å²) in [4.78, 5) is 0. The maximum absolute atomic E-state index is 10.6. The first-order valence-electron chi connectivity index (χ1n) is 7.53. The normalized spacial score (nSPS) is 23.5. The summed E-state index contributed by atoms with van der Waals surface area (Å²) < 4.78 is 11.7. The van der Waals surface area contributed by atoms with E-state index in [0.29, 0.717) is 0 Å². The zero-order valence-corrected chi connectivity index (χ0v) is 11.8. The van der Waals surface area contributed by atoms with Gasteiger partial charge in [-0.15, -0.1) is 0 Å². The van der Waals surface area contributed by atoms with Crippen molar-refractivity contribution in [1.29, 1.82) is 0 Å². The Hall–Kier alpha value is -1.84. The minimum atomic E-state index is -0.615. The van der Waals surface area contributed by atoms with Gasteiger partial charge in [0.1, 0.15) is 11.9 Å². The van der Waals surface area contributed by atoms with E-state index < -0.39 is 6.10 Å². The SMILES string of the molecule is OC1c2ccccc2-c2cccc(OC3CCCCO3)c21. The van der Waals surface area contributed by atoms with Crippen molar-refractivity contribution in [1.82, 2.24) is 0 Å². The molecular formula is C18H18O3. The zero-order chi connectivity index (χ0) is 14.2. The molecule has 2 aliphatic rings. The van der Waals surface area contributed by atoms with Crippen LogP contribution in [0.25, 0.3) is 11.1 Å². The predicted molar refractivity (Wildman–Crippen MR) is 80.2 cm³/mol. The van der Waals surface area contributed by atoms with Crippen LogP contribution in [0.2, 0.25) is 0 Å². The van der Waals surface area contributed by atoms with Crippen LogP contribution in [0.5, 0.6) is 5.75 Å². The van der Waals surface area contributed by atoms with Crippen molar-refractivity contribution >= 4 is 0 Å². The Morgan fingerprint density at radius 1 is 1.00 bits per heavy atom. The smallest absolute Gasteiger partial charge is 0.199 e. The first kappa shape index (κ1) is 12.9. The van der Waals surface area contributed by atoms with Crippen molar-refractivity contribution in [3.63, 3.8) is 0 Å². The zero-order valence-electron chi connectivity index (χ0n) is 11.8. The fraction of sp³-hybridized carbons (Fsp3) is 0.333. The summed E-state index contributed by atoms with van der Waals surface area (Å²) in [5.74, 6) is 0.739. The van der Waals surface area contributed by atoms with Crippen molar-refractivity contribution < 1.29 is 14.6 Å². The van der Waals surface area contributed by atoms with E-state index in [0.717, 1.165) is 53.9 Å². The van der Waals surface area contributed by atoms with Crippen LogP contribution < -0.4 is 4.74 Å². The van der Waals surface area contributed by atoms with E-state index >= 15 is 0 Å². The lowest BCUT2D eigenvalue weighted by atomic mass is 10.1. The van der Waals surface area contributed by atoms with Gasteiger partial charge in [0.05, 0.1) is 6.61 Å². The summed E-state index contributed by atoms with van der Waals surface area (Å²) >= 11 is 0. The van der Waals surface area contributed by atoms with Gasteiger partial charge in [0.2, 0.25) is 0 Å². The second-order valence-electron chi connectivity index (χ2n) is 5.62. The van der Waals surface area contributed by atoms with Crippen molar-refractivity contribution in [2.45, 2.75) is 31.7 Å². The molecular weight excluding hydrogens is 264 g/mol. The van der Waals surface area contributed by atoms with Gasteiger partial charge in [-0.1, -0.05) is 36.4 Å². The van der Waals surface area contributed by atoms with E-state index in [9.17, 15) is 5.11 Å². The Bertz CT molecular complexity index is 659. The van der Waals surface area contributed by atoms with Gasteiger partial charge in [-0.2, -0.15) is 0 Å². The molecule has 1 aliphatic heterocycles. The van der Waals surface area contributed by atoms with Gasteiger partial charge in [-0.05, 0) is 35.6 Å². The van der Waals surface area contributed by atoms with Crippen LogP contribution in [0, 0.1) is 0 Å². The highest BCUT2D eigenvalue weighted by Gasteiger charge is 2.30. The molecule has 1 aliphatic carbocycles. The summed E-state index contributed by atoms with van der Waals surface area (Å²) in [6.07, 6.45) is 2.33. The molecule has 1 fully saturated rings. The molecule has 0 bridgehead atoms. The van der Waals surface area contributed by atoms with Crippen molar-refractivity contribution in [2.75, 3.05) is 6.61 Å². The molecule has 1 heterocycles. The van der Waals surface area contributed by atoms with Gasteiger partial charge < -0.3 is 14.6 Å². The Balaban J connectivity index is 1.72. The number of rotatable bonds is 2. The second kappa shape index (κ2) is 5.17. The molecule has 0 amide bonds. The quantitative estimate of drug-likeness (QED) is 0.913. The lowest BCUT2D eigenvalue weighted by molar-refractivity contribution is -0.106. The Morgan fingerprint density at radius 2 is 1.86 bits per heavy atom. The van der Waals surface area contributed by atoms with Crippen molar-refractivity contribution in [3.05, 3.63) is 53.6 Å². The van der Waals surface area contributed by atoms with Crippen LogP contribution in [0.3, 0.4) is 0 Å². The Labute approximate surface area is 124 Å². The summed E-state index contributed by atoms with van der Waals surface area (Å²) in [6.45, 7) is 0.752. The number of aliphatic hydroxyl groups excluding tert-OH is 1. The number of aliphatic hydroxyl groups is 1. The number of benzene rings is 2. The summed E-state index contributed by atoms with van der Waals surface area (Å²) in [6, 6.07) is 13.9. The highest BCUT2D eigenvalue weighted by atomic mass is 16.7. The number of fused-ring (bicyclic) bond motifs is 3. The lowest BCUT2D eigenvalue weighted by Gasteiger charge is -2.25. The van der Waals surface area contributed by atoms with Gasteiger partial charge in [-0.25, -0.2) is 0 Å².